The molecule has 0 aliphatic carbocycles. The number of rotatable bonds is 13. The van der Waals surface area contributed by atoms with Crippen molar-refractivity contribution in [1.29, 1.82) is 0 Å². The molecule has 3 rings (SSSR count). The smallest absolute Gasteiger partial charge is 0.250 e. The molecule has 3 atom stereocenters. The highest BCUT2D eigenvalue weighted by Crippen LogP contribution is 2.29. The van der Waals surface area contributed by atoms with Crippen LogP contribution >= 0.6 is 0 Å². The zero-order chi connectivity index (χ0) is 29.8. The van der Waals surface area contributed by atoms with Gasteiger partial charge in [-0.05, 0) is 29.0 Å². The van der Waals surface area contributed by atoms with E-state index in [0.717, 1.165) is 16.7 Å². The van der Waals surface area contributed by atoms with Gasteiger partial charge >= 0.3 is 0 Å². The fourth-order valence-corrected chi connectivity index (χ4v) is 4.43. The quantitative estimate of drug-likeness (QED) is 0.269. The van der Waals surface area contributed by atoms with Crippen molar-refractivity contribution in [2.75, 3.05) is 13.7 Å². The third-order valence-electron chi connectivity index (χ3n) is 6.78. The molecule has 0 saturated heterocycles. The lowest BCUT2D eigenvalue weighted by molar-refractivity contribution is -0.145. The van der Waals surface area contributed by atoms with Crippen LogP contribution in [-0.4, -0.2) is 37.4 Å². The number of hydroxylamine groups is 1. The lowest BCUT2D eigenvalue weighted by Gasteiger charge is -2.33. The number of likely N-dealkylation sites (N-methyl/N-ethyl adjacent to an activating group) is 1. The molecule has 0 aliphatic rings. The Labute approximate surface area is 242 Å². The Morgan fingerprint density at radius 2 is 1.32 bits per heavy atom. The van der Waals surface area contributed by atoms with Gasteiger partial charge in [-0.2, -0.15) is 0 Å². The highest BCUT2D eigenvalue weighted by atomic mass is 16.7. The van der Waals surface area contributed by atoms with E-state index in [-0.39, 0.29) is 25.7 Å². The second-order valence-electron chi connectivity index (χ2n) is 11.2. The van der Waals surface area contributed by atoms with E-state index in [0.29, 0.717) is 5.56 Å². The van der Waals surface area contributed by atoms with Crippen LogP contribution in [0.5, 0.6) is 0 Å². The highest BCUT2D eigenvalue weighted by molar-refractivity contribution is 5.94. The highest BCUT2D eigenvalue weighted by Gasteiger charge is 2.39. The summed E-state index contributed by atoms with van der Waals surface area (Å²) in [4.78, 5) is 46.0. The minimum absolute atomic E-state index is 0.0540. The van der Waals surface area contributed by atoms with Gasteiger partial charge in [-0.25, -0.2) is 5.48 Å². The van der Waals surface area contributed by atoms with E-state index < -0.39 is 35.1 Å². The van der Waals surface area contributed by atoms with Crippen molar-refractivity contribution >= 4 is 17.7 Å². The lowest BCUT2D eigenvalue weighted by atomic mass is 9.82. The van der Waals surface area contributed by atoms with Crippen molar-refractivity contribution in [1.82, 2.24) is 16.1 Å². The molecule has 0 spiro atoms. The number of hydrogen-bond acceptors (Lipinski definition) is 5. The summed E-state index contributed by atoms with van der Waals surface area (Å²) in [6.07, 6.45) is 0. The average molecular weight is 560 g/mol. The van der Waals surface area contributed by atoms with Crippen molar-refractivity contribution in [3.05, 3.63) is 107 Å². The Bertz CT molecular complexity index is 1260. The number of aryl methyl sites for hydroxylation is 1. The summed E-state index contributed by atoms with van der Waals surface area (Å²) in [6.45, 7) is 7.94. The van der Waals surface area contributed by atoms with Gasteiger partial charge in [0.05, 0.1) is 31.7 Å². The van der Waals surface area contributed by atoms with E-state index in [1.54, 1.807) is 0 Å². The zero-order valence-corrected chi connectivity index (χ0v) is 24.5. The zero-order valence-electron chi connectivity index (χ0n) is 24.5. The van der Waals surface area contributed by atoms with Crippen LogP contribution in [0, 0.1) is 18.3 Å². The van der Waals surface area contributed by atoms with Gasteiger partial charge in [0.25, 0.3) is 0 Å². The standard InChI is InChI=1S/C33H41N3O5/c1-23-16-18-26(19-17-23)28(31(38)35-29(32(39)34-5)33(2,3)4)27(22-40-20-24-12-8-6-9-13-24)30(37)36-41-21-25-14-10-7-11-15-25/h6-19,27-29H,20-22H2,1-5H3,(H,34,39)(H,35,38)(H,36,37)/t27-,28+,29+/m0/s1. The molecule has 8 heteroatoms. The summed E-state index contributed by atoms with van der Waals surface area (Å²) in [7, 11) is 1.53. The van der Waals surface area contributed by atoms with Crippen LogP contribution in [0.4, 0.5) is 0 Å². The molecule has 0 fully saturated rings. The molecule has 41 heavy (non-hydrogen) atoms. The van der Waals surface area contributed by atoms with Gasteiger partial charge in [0.15, 0.2) is 0 Å². The summed E-state index contributed by atoms with van der Waals surface area (Å²) in [5.41, 5.74) is 5.43. The van der Waals surface area contributed by atoms with Crippen molar-refractivity contribution in [2.45, 2.75) is 52.9 Å². The minimum Gasteiger partial charge on any atom is -0.376 e. The molecule has 0 radical (unpaired) electrons. The van der Waals surface area contributed by atoms with Crippen molar-refractivity contribution < 1.29 is 24.0 Å². The first-order valence-corrected chi connectivity index (χ1v) is 13.8. The predicted molar refractivity (Wildman–Crippen MR) is 158 cm³/mol. The second kappa shape index (κ2) is 15.1. The fourth-order valence-electron chi connectivity index (χ4n) is 4.43. The van der Waals surface area contributed by atoms with Crippen molar-refractivity contribution in [2.24, 2.45) is 11.3 Å². The maximum Gasteiger partial charge on any atom is 0.250 e. The van der Waals surface area contributed by atoms with Gasteiger partial charge in [-0.3, -0.25) is 19.2 Å². The molecule has 0 unspecified atom stereocenters. The SMILES string of the molecule is CNC(=O)[C@@H](NC(=O)[C@H](c1ccc(C)cc1)[C@H](COCc1ccccc1)C(=O)NOCc1ccccc1)C(C)(C)C. The molecular weight excluding hydrogens is 518 g/mol. The van der Waals surface area contributed by atoms with Crippen LogP contribution in [0.15, 0.2) is 84.9 Å². The second-order valence-corrected chi connectivity index (χ2v) is 11.2. The van der Waals surface area contributed by atoms with E-state index in [4.69, 9.17) is 9.57 Å². The number of carbonyl (C=O) groups is 3. The van der Waals surface area contributed by atoms with Gasteiger partial charge < -0.3 is 15.4 Å². The summed E-state index contributed by atoms with van der Waals surface area (Å²) >= 11 is 0. The Kier molecular flexibility index (Phi) is 11.6. The number of ether oxygens (including phenoxy) is 1. The number of hydrogen-bond donors (Lipinski definition) is 3. The van der Waals surface area contributed by atoms with E-state index in [1.807, 2.05) is 113 Å². The molecule has 218 valence electrons. The van der Waals surface area contributed by atoms with E-state index in [1.165, 1.54) is 7.05 Å². The topological polar surface area (TPSA) is 106 Å². The number of amides is 3. The molecule has 0 heterocycles. The van der Waals surface area contributed by atoms with Crippen LogP contribution in [0.3, 0.4) is 0 Å². The van der Waals surface area contributed by atoms with Crippen LogP contribution < -0.4 is 16.1 Å². The van der Waals surface area contributed by atoms with Gasteiger partial charge in [0.1, 0.15) is 6.04 Å². The van der Waals surface area contributed by atoms with Gasteiger partial charge in [0.2, 0.25) is 17.7 Å². The number of benzene rings is 3. The van der Waals surface area contributed by atoms with Crippen LogP contribution in [-0.2, 0) is 37.2 Å². The van der Waals surface area contributed by atoms with Gasteiger partial charge in [-0.1, -0.05) is 111 Å². The Balaban J connectivity index is 1.91. The van der Waals surface area contributed by atoms with Gasteiger partial charge in [0, 0.05) is 7.05 Å². The summed E-state index contributed by atoms with van der Waals surface area (Å²) in [6, 6.07) is 25.7. The Morgan fingerprint density at radius 1 is 0.756 bits per heavy atom. The number of nitrogens with one attached hydrogen (secondary N) is 3. The molecule has 3 aromatic carbocycles. The largest absolute Gasteiger partial charge is 0.376 e. The van der Waals surface area contributed by atoms with Crippen molar-refractivity contribution in [3.63, 3.8) is 0 Å². The molecule has 8 nitrogen and oxygen atoms in total. The molecular formula is C33H41N3O5. The first-order chi connectivity index (χ1) is 19.6. The number of carbonyl (C=O) groups excluding carboxylic acids is 3. The molecule has 3 N–H and O–H groups in total. The Morgan fingerprint density at radius 3 is 1.85 bits per heavy atom. The molecule has 0 bridgehead atoms. The average Bonchev–Trinajstić information content (AvgIpc) is 2.96. The van der Waals surface area contributed by atoms with Crippen molar-refractivity contribution in [3.8, 4) is 0 Å². The van der Waals surface area contributed by atoms with E-state index in [9.17, 15) is 14.4 Å². The van der Waals surface area contributed by atoms with Crippen LogP contribution in [0.25, 0.3) is 0 Å². The van der Waals surface area contributed by atoms with E-state index >= 15 is 0 Å². The first kappa shape index (κ1) is 31.5. The minimum atomic E-state index is -0.957. The normalized spacial score (nSPS) is 13.5. The predicted octanol–water partition coefficient (Wildman–Crippen LogP) is 4.44. The monoisotopic (exact) mass is 559 g/mol. The molecule has 3 aromatic rings. The Hall–Kier alpha value is -4.01. The van der Waals surface area contributed by atoms with Gasteiger partial charge in [-0.15, -0.1) is 0 Å². The summed E-state index contributed by atoms with van der Waals surface area (Å²) < 4.78 is 6.01. The lowest BCUT2D eigenvalue weighted by Crippen LogP contribution is -2.55. The summed E-state index contributed by atoms with van der Waals surface area (Å²) in [5.74, 6) is -3.18. The maximum absolute atomic E-state index is 14.0. The van der Waals surface area contributed by atoms with Crippen LogP contribution in [0.1, 0.15) is 48.9 Å². The molecule has 0 aromatic heterocycles. The third kappa shape index (κ3) is 9.55. The maximum atomic E-state index is 14.0. The molecule has 3 amide bonds. The van der Waals surface area contributed by atoms with Crippen LogP contribution in [0.2, 0.25) is 0 Å². The first-order valence-electron chi connectivity index (χ1n) is 13.8. The molecule has 0 aliphatic heterocycles. The summed E-state index contributed by atoms with van der Waals surface area (Å²) in [5, 5.41) is 5.55. The fraction of sp³-hybridized carbons (Fsp3) is 0.364. The van der Waals surface area contributed by atoms with E-state index in [2.05, 4.69) is 16.1 Å². The third-order valence-corrected chi connectivity index (χ3v) is 6.78. The molecule has 0 saturated carbocycles.